The van der Waals surface area contributed by atoms with Crippen molar-refractivity contribution in [2.75, 3.05) is 6.61 Å². The van der Waals surface area contributed by atoms with Crippen molar-refractivity contribution in [2.45, 2.75) is 19.8 Å². The highest BCUT2D eigenvalue weighted by Gasteiger charge is 1.72. The highest BCUT2D eigenvalue weighted by molar-refractivity contribution is 5.56. The minimum atomic E-state index is 0.646. The molecule has 1 radical (unpaired) electrons. The maximum Gasteiger partial charge on any atom is 0.114 e. The molecule has 0 aliphatic carbocycles. The van der Waals surface area contributed by atoms with Crippen LogP contribution in [0, 0.1) is 6.92 Å². The molecule has 0 heterocycles. The Hall–Kier alpha value is -0.530. The molecule has 0 fully saturated rings. The fourth-order valence-corrected chi connectivity index (χ4v) is 0.271. The highest BCUT2D eigenvalue weighted by Crippen LogP contribution is 1.80. The third-order valence-corrected chi connectivity index (χ3v) is 0.611. The predicted molar refractivity (Wildman–Crippen MR) is 34.7 cm³/mol. The van der Waals surface area contributed by atoms with Crippen molar-refractivity contribution in [1.29, 1.82) is 0 Å². The third kappa shape index (κ3) is 5.47. The van der Waals surface area contributed by atoms with Gasteiger partial charge in [-0.2, -0.15) is 0 Å². The van der Waals surface area contributed by atoms with Crippen molar-refractivity contribution >= 4 is 6.21 Å². The van der Waals surface area contributed by atoms with Gasteiger partial charge in [0.25, 0.3) is 0 Å². The highest BCUT2D eigenvalue weighted by atomic mass is 16.6. The van der Waals surface area contributed by atoms with Gasteiger partial charge in [0.2, 0.25) is 0 Å². The maximum atomic E-state index is 4.68. The van der Waals surface area contributed by atoms with Crippen LogP contribution in [0.3, 0.4) is 0 Å². The summed E-state index contributed by atoms with van der Waals surface area (Å²) in [6.45, 7) is 6.19. The van der Waals surface area contributed by atoms with Crippen LogP contribution < -0.4 is 0 Å². The summed E-state index contributed by atoms with van der Waals surface area (Å²) in [5.41, 5.74) is 0. The van der Waals surface area contributed by atoms with Crippen LogP contribution in [-0.4, -0.2) is 12.8 Å². The lowest BCUT2D eigenvalue weighted by Crippen LogP contribution is -1.79. The molecule has 0 aliphatic rings. The normalized spacial score (nSPS) is 10.2. The van der Waals surface area contributed by atoms with Crippen molar-refractivity contribution in [3.8, 4) is 0 Å². The molecular weight excluding hydrogens is 102 g/mol. The van der Waals surface area contributed by atoms with Crippen LogP contribution in [0.4, 0.5) is 0 Å². The summed E-state index contributed by atoms with van der Waals surface area (Å²) in [7, 11) is 0. The van der Waals surface area contributed by atoms with Crippen LogP contribution in [0.1, 0.15) is 19.8 Å². The second-order valence-corrected chi connectivity index (χ2v) is 1.35. The van der Waals surface area contributed by atoms with Crippen molar-refractivity contribution < 1.29 is 4.84 Å². The molecule has 2 heteroatoms. The Labute approximate surface area is 50.5 Å². The first-order valence-electron chi connectivity index (χ1n) is 2.84. The van der Waals surface area contributed by atoms with E-state index in [4.69, 9.17) is 0 Å². The van der Waals surface area contributed by atoms with Crippen LogP contribution >= 0.6 is 0 Å². The van der Waals surface area contributed by atoms with Gasteiger partial charge in [-0.25, -0.2) is 0 Å². The molecule has 2 nitrogen and oxygen atoms in total. The molecule has 0 atom stereocenters. The molecule has 8 heavy (non-hydrogen) atoms. The lowest BCUT2D eigenvalue weighted by molar-refractivity contribution is 0.160. The van der Waals surface area contributed by atoms with E-state index in [0.717, 1.165) is 12.8 Å². The minimum Gasteiger partial charge on any atom is -0.396 e. The van der Waals surface area contributed by atoms with Gasteiger partial charge in [0, 0.05) is 6.21 Å². The smallest absolute Gasteiger partial charge is 0.114 e. The number of oxime groups is 1. The molecule has 0 unspecified atom stereocenters. The molecular formula is C6H12NO. The monoisotopic (exact) mass is 114 g/mol. The van der Waals surface area contributed by atoms with E-state index in [1.807, 2.05) is 6.92 Å². The summed E-state index contributed by atoms with van der Waals surface area (Å²) in [4.78, 5) is 4.68. The van der Waals surface area contributed by atoms with E-state index in [1.54, 1.807) is 6.21 Å². The van der Waals surface area contributed by atoms with Crippen molar-refractivity contribution in [3.05, 3.63) is 6.92 Å². The summed E-state index contributed by atoms with van der Waals surface area (Å²) in [6, 6.07) is 0. The Bertz CT molecular complexity index is 53.5. The summed E-state index contributed by atoms with van der Waals surface area (Å²) >= 11 is 0. The van der Waals surface area contributed by atoms with Crippen molar-refractivity contribution in [2.24, 2.45) is 5.16 Å². The molecule has 0 aromatic heterocycles. The summed E-state index contributed by atoms with van der Waals surface area (Å²) in [5, 5.41) is 3.61. The van der Waals surface area contributed by atoms with Gasteiger partial charge in [-0.3, -0.25) is 0 Å². The Balaban J connectivity index is 2.83. The second-order valence-electron chi connectivity index (χ2n) is 1.35. The summed E-state index contributed by atoms with van der Waals surface area (Å²) < 4.78 is 0. The first-order chi connectivity index (χ1) is 3.91. The van der Waals surface area contributed by atoms with Crippen LogP contribution in [-0.2, 0) is 4.84 Å². The van der Waals surface area contributed by atoms with Gasteiger partial charge in [0.1, 0.15) is 6.61 Å². The average Bonchev–Trinajstić information content (AvgIpc) is 1.81. The fraction of sp³-hybridized carbons (Fsp3) is 0.667. The van der Waals surface area contributed by atoms with E-state index in [-0.39, 0.29) is 0 Å². The Morgan fingerprint density at radius 2 is 2.50 bits per heavy atom. The Morgan fingerprint density at radius 1 is 1.75 bits per heavy atom. The van der Waals surface area contributed by atoms with Crippen LogP contribution in [0.2, 0.25) is 0 Å². The van der Waals surface area contributed by atoms with Gasteiger partial charge < -0.3 is 4.84 Å². The first kappa shape index (κ1) is 7.47. The van der Waals surface area contributed by atoms with Crippen LogP contribution in [0.5, 0.6) is 0 Å². The Morgan fingerprint density at radius 3 is 3.00 bits per heavy atom. The van der Waals surface area contributed by atoms with E-state index in [0.29, 0.717) is 6.61 Å². The summed E-state index contributed by atoms with van der Waals surface area (Å²) in [6.07, 6.45) is 3.52. The zero-order valence-electron chi connectivity index (χ0n) is 5.26. The van der Waals surface area contributed by atoms with Crippen molar-refractivity contribution in [1.82, 2.24) is 0 Å². The molecule has 47 valence electrons. The fourth-order valence-electron chi connectivity index (χ4n) is 0.271. The first-order valence-corrected chi connectivity index (χ1v) is 2.84. The van der Waals surface area contributed by atoms with Gasteiger partial charge in [-0.05, 0) is 19.8 Å². The minimum absolute atomic E-state index is 0.646. The van der Waals surface area contributed by atoms with Crippen LogP contribution in [0.15, 0.2) is 5.16 Å². The van der Waals surface area contributed by atoms with Gasteiger partial charge in [0.15, 0.2) is 0 Å². The van der Waals surface area contributed by atoms with E-state index >= 15 is 0 Å². The van der Waals surface area contributed by atoms with Crippen LogP contribution in [0.25, 0.3) is 0 Å². The number of hydrogen-bond donors (Lipinski definition) is 0. The van der Waals surface area contributed by atoms with E-state index in [2.05, 4.69) is 16.9 Å². The molecule has 0 N–H and O–H groups in total. The molecule has 0 aromatic carbocycles. The summed E-state index contributed by atoms with van der Waals surface area (Å²) in [5.74, 6) is 0. The molecule has 0 amide bonds. The average molecular weight is 114 g/mol. The Kier molecular flexibility index (Phi) is 6.04. The molecule has 0 aliphatic heterocycles. The topological polar surface area (TPSA) is 21.6 Å². The largest absolute Gasteiger partial charge is 0.396 e. The molecule has 0 aromatic rings. The quantitative estimate of drug-likeness (QED) is 0.402. The third-order valence-electron chi connectivity index (χ3n) is 0.611. The molecule has 0 bridgehead atoms. The standard InChI is InChI=1S/C6H12NO/c1-3-5-6-7-8-4-2/h6H,1,3-5H2,2H3/b7-6+. The zero-order chi connectivity index (χ0) is 6.24. The lowest BCUT2D eigenvalue weighted by Gasteiger charge is -1.87. The van der Waals surface area contributed by atoms with Crippen molar-refractivity contribution in [3.63, 3.8) is 0 Å². The van der Waals surface area contributed by atoms with Gasteiger partial charge in [-0.1, -0.05) is 12.1 Å². The van der Waals surface area contributed by atoms with E-state index < -0.39 is 0 Å². The SMILES string of the molecule is [CH2]CC/C=N/OCC. The lowest BCUT2D eigenvalue weighted by atomic mass is 10.4. The molecule has 0 spiro atoms. The second kappa shape index (κ2) is 6.47. The molecule has 0 rings (SSSR count). The zero-order valence-corrected chi connectivity index (χ0v) is 5.26. The van der Waals surface area contributed by atoms with E-state index in [9.17, 15) is 0 Å². The number of hydrogen-bond acceptors (Lipinski definition) is 2. The number of rotatable bonds is 4. The van der Waals surface area contributed by atoms with Gasteiger partial charge >= 0.3 is 0 Å². The van der Waals surface area contributed by atoms with Gasteiger partial charge in [0.05, 0.1) is 0 Å². The molecule has 0 saturated heterocycles. The number of unbranched alkanes of at least 4 members (excludes halogenated alkanes) is 1. The predicted octanol–water partition coefficient (Wildman–Crippen LogP) is 1.62. The van der Waals surface area contributed by atoms with E-state index in [1.165, 1.54) is 0 Å². The van der Waals surface area contributed by atoms with Gasteiger partial charge in [-0.15, -0.1) is 0 Å². The molecule has 0 saturated carbocycles. The number of nitrogens with zero attached hydrogens (tertiary/aromatic N) is 1. The maximum absolute atomic E-state index is 4.68.